The number of benzene rings is 2. The fraction of sp³-hybridized carbons (Fsp3) is 0.333. The van der Waals surface area contributed by atoms with E-state index in [2.05, 4.69) is 10.2 Å². The fourth-order valence-electron chi connectivity index (χ4n) is 3.22. The van der Waals surface area contributed by atoms with E-state index < -0.39 is 5.97 Å². The number of urea groups is 1. The number of nitrogens with zero attached hydrogens (tertiary/aromatic N) is 2. The van der Waals surface area contributed by atoms with Crippen molar-refractivity contribution < 1.29 is 19.1 Å². The molecule has 148 valence electrons. The zero-order chi connectivity index (χ0) is 19.9. The Balaban J connectivity index is 1.63. The SMILES string of the molecule is CCOc1ccccc1N1CCN(C(=O)Nc2ccccc2C(=O)OC)CC1. The van der Waals surface area contributed by atoms with Gasteiger partial charge in [0.2, 0.25) is 0 Å². The number of ether oxygens (including phenoxy) is 2. The number of piperazine rings is 1. The van der Waals surface area contributed by atoms with Gasteiger partial charge in [-0.1, -0.05) is 24.3 Å². The molecule has 1 N–H and O–H groups in total. The van der Waals surface area contributed by atoms with Crippen LogP contribution < -0.4 is 15.0 Å². The summed E-state index contributed by atoms with van der Waals surface area (Å²) >= 11 is 0. The van der Waals surface area contributed by atoms with Crippen molar-refractivity contribution in [2.75, 3.05) is 50.1 Å². The molecule has 1 heterocycles. The number of carbonyl (C=O) groups is 2. The molecule has 2 aromatic carbocycles. The number of methoxy groups -OCH3 is 1. The number of rotatable bonds is 5. The lowest BCUT2D eigenvalue weighted by molar-refractivity contribution is 0.0602. The first-order valence-electron chi connectivity index (χ1n) is 9.34. The minimum atomic E-state index is -0.478. The van der Waals surface area contributed by atoms with Gasteiger partial charge in [0, 0.05) is 26.2 Å². The normalized spacial score (nSPS) is 13.8. The highest BCUT2D eigenvalue weighted by atomic mass is 16.5. The summed E-state index contributed by atoms with van der Waals surface area (Å²) in [6, 6.07) is 14.5. The third kappa shape index (κ3) is 4.36. The van der Waals surface area contributed by atoms with Crippen molar-refractivity contribution in [2.24, 2.45) is 0 Å². The van der Waals surface area contributed by atoms with Crippen LogP contribution in [0.1, 0.15) is 17.3 Å². The van der Waals surface area contributed by atoms with Crippen molar-refractivity contribution in [3.63, 3.8) is 0 Å². The summed E-state index contributed by atoms with van der Waals surface area (Å²) in [4.78, 5) is 28.5. The van der Waals surface area contributed by atoms with Gasteiger partial charge in [-0.05, 0) is 31.2 Å². The monoisotopic (exact) mass is 383 g/mol. The summed E-state index contributed by atoms with van der Waals surface area (Å²) in [7, 11) is 1.32. The number of amides is 2. The van der Waals surface area contributed by atoms with Crippen LogP contribution in [0.5, 0.6) is 5.75 Å². The molecule has 2 amide bonds. The zero-order valence-electron chi connectivity index (χ0n) is 16.2. The van der Waals surface area contributed by atoms with Crippen LogP contribution >= 0.6 is 0 Å². The van der Waals surface area contributed by atoms with Gasteiger partial charge < -0.3 is 24.6 Å². The predicted octanol–water partition coefficient (Wildman–Crippen LogP) is 3.23. The number of anilines is 2. The second-order valence-electron chi connectivity index (χ2n) is 6.34. The third-order valence-corrected chi connectivity index (χ3v) is 4.65. The van der Waals surface area contributed by atoms with E-state index in [9.17, 15) is 9.59 Å². The highest BCUT2D eigenvalue weighted by molar-refractivity contribution is 6.00. The van der Waals surface area contributed by atoms with Crippen molar-refractivity contribution >= 4 is 23.4 Å². The Bertz CT molecular complexity index is 832. The van der Waals surface area contributed by atoms with Gasteiger partial charge >= 0.3 is 12.0 Å². The quantitative estimate of drug-likeness (QED) is 0.803. The molecule has 0 radical (unpaired) electrons. The van der Waals surface area contributed by atoms with E-state index in [0.717, 1.165) is 11.4 Å². The zero-order valence-corrected chi connectivity index (χ0v) is 16.2. The Kier molecular flexibility index (Phi) is 6.37. The molecule has 0 aromatic heterocycles. The minimum absolute atomic E-state index is 0.228. The molecule has 0 aliphatic carbocycles. The molecule has 3 rings (SSSR count). The van der Waals surface area contributed by atoms with Gasteiger partial charge in [-0.2, -0.15) is 0 Å². The van der Waals surface area contributed by atoms with Gasteiger partial charge in [0.15, 0.2) is 0 Å². The van der Waals surface area contributed by atoms with Crippen molar-refractivity contribution in [1.29, 1.82) is 0 Å². The number of nitrogens with one attached hydrogen (secondary N) is 1. The molecule has 28 heavy (non-hydrogen) atoms. The first-order chi connectivity index (χ1) is 13.6. The fourth-order valence-corrected chi connectivity index (χ4v) is 3.22. The molecule has 0 unspecified atom stereocenters. The maximum Gasteiger partial charge on any atom is 0.339 e. The average Bonchev–Trinajstić information content (AvgIpc) is 2.74. The summed E-state index contributed by atoms with van der Waals surface area (Å²) in [6.07, 6.45) is 0. The second-order valence-corrected chi connectivity index (χ2v) is 6.34. The molecular formula is C21H25N3O4. The lowest BCUT2D eigenvalue weighted by Crippen LogP contribution is -2.50. The highest BCUT2D eigenvalue weighted by Gasteiger charge is 2.24. The Morgan fingerprint density at radius 3 is 2.39 bits per heavy atom. The first-order valence-corrected chi connectivity index (χ1v) is 9.34. The number of hydrogen-bond acceptors (Lipinski definition) is 5. The van der Waals surface area contributed by atoms with Crippen LogP contribution in [0.15, 0.2) is 48.5 Å². The standard InChI is InChI=1S/C21H25N3O4/c1-3-28-19-11-7-6-10-18(19)23-12-14-24(15-13-23)21(26)22-17-9-5-4-8-16(17)20(25)27-2/h4-11H,3,12-15H2,1-2H3,(H,22,26). The highest BCUT2D eigenvalue weighted by Crippen LogP contribution is 2.29. The Morgan fingerprint density at radius 1 is 1.00 bits per heavy atom. The van der Waals surface area contributed by atoms with E-state index in [1.807, 2.05) is 31.2 Å². The Hall–Kier alpha value is -3.22. The molecule has 1 aliphatic rings. The van der Waals surface area contributed by atoms with Crippen LogP contribution in [0, 0.1) is 0 Å². The number of hydrogen-bond donors (Lipinski definition) is 1. The van der Waals surface area contributed by atoms with Gasteiger partial charge in [-0.3, -0.25) is 0 Å². The molecule has 2 aromatic rings. The van der Waals surface area contributed by atoms with Gasteiger partial charge in [-0.25, -0.2) is 9.59 Å². The Morgan fingerprint density at radius 2 is 1.68 bits per heavy atom. The minimum Gasteiger partial charge on any atom is -0.492 e. The molecule has 1 saturated heterocycles. The van der Waals surface area contributed by atoms with E-state index in [4.69, 9.17) is 9.47 Å². The second kappa shape index (κ2) is 9.12. The number of esters is 1. The van der Waals surface area contributed by atoms with Crippen LogP contribution in [0.3, 0.4) is 0 Å². The topological polar surface area (TPSA) is 71.1 Å². The van der Waals surface area contributed by atoms with Crippen LogP contribution in [-0.2, 0) is 4.74 Å². The van der Waals surface area contributed by atoms with Crippen LogP contribution in [0.4, 0.5) is 16.2 Å². The molecule has 0 atom stereocenters. The van der Waals surface area contributed by atoms with Crippen molar-refractivity contribution in [2.45, 2.75) is 6.92 Å². The van der Waals surface area contributed by atoms with Crippen LogP contribution in [0.2, 0.25) is 0 Å². The van der Waals surface area contributed by atoms with Crippen LogP contribution in [0.25, 0.3) is 0 Å². The summed E-state index contributed by atoms with van der Waals surface area (Å²) in [5, 5.41) is 2.82. The van der Waals surface area contributed by atoms with Gasteiger partial charge in [0.25, 0.3) is 0 Å². The predicted molar refractivity (Wildman–Crippen MR) is 108 cm³/mol. The Labute approximate surface area is 164 Å². The molecular weight excluding hydrogens is 358 g/mol. The third-order valence-electron chi connectivity index (χ3n) is 4.65. The van der Waals surface area contributed by atoms with Crippen molar-refractivity contribution in [3.05, 3.63) is 54.1 Å². The number of carbonyl (C=O) groups excluding carboxylic acids is 2. The van der Waals surface area contributed by atoms with E-state index in [1.54, 1.807) is 29.2 Å². The smallest absolute Gasteiger partial charge is 0.339 e. The summed E-state index contributed by atoms with van der Waals surface area (Å²) < 4.78 is 10.5. The maximum absolute atomic E-state index is 12.7. The molecule has 7 nitrogen and oxygen atoms in total. The first kappa shape index (κ1) is 19.5. The van der Waals surface area contributed by atoms with E-state index in [0.29, 0.717) is 44.0 Å². The lowest BCUT2D eigenvalue weighted by Gasteiger charge is -2.36. The molecule has 0 saturated carbocycles. The van der Waals surface area contributed by atoms with Crippen LogP contribution in [-0.4, -0.2) is 56.8 Å². The largest absolute Gasteiger partial charge is 0.492 e. The molecule has 7 heteroatoms. The van der Waals surface area contributed by atoms with Gasteiger partial charge in [-0.15, -0.1) is 0 Å². The molecule has 0 bridgehead atoms. The van der Waals surface area contributed by atoms with Gasteiger partial charge in [0.05, 0.1) is 30.7 Å². The molecule has 0 spiro atoms. The maximum atomic E-state index is 12.7. The van der Waals surface area contributed by atoms with E-state index >= 15 is 0 Å². The molecule has 1 fully saturated rings. The van der Waals surface area contributed by atoms with E-state index in [1.165, 1.54) is 7.11 Å². The summed E-state index contributed by atoms with van der Waals surface area (Å²) in [6.45, 7) is 5.13. The lowest BCUT2D eigenvalue weighted by atomic mass is 10.2. The molecule has 1 aliphatic heterocycles. The van der Waals surface area contributed by atoms with Crippen molar-refractivity contribution in [1.82, 2.24) is 4.90 Å². The van der Waals surface area contributed by atoms with Crippen molar-refractivity contribution in [3.8, 4) is 5.75 Å². The summed E-state index contributed by atoms with van der Waals surface area (Å²) in [5.41, 5.74) is 1.83. The average molecular weight is 383 g/mol. The van der Waals surface area contributed by atoms with Gasteiger partial charge in [0.1, 0.15) is 5.75 Å². The van der Waals surface area contributed by atoms with E-state index in [-0.39, 0.29) is 6.03 Å². The summed E-state index contributed by atoms with van der Waals surface area (Å²) in [5.74, 6) is 0.378. The number of para-hydroxylation sites is 3.